The molecule has 0 spiro atoms. The number of rotatable bonds is 2. The molecular formula is C7H10BrN3O. The lowest BCUT2D eigenvalue weighted by Crippen LogP contribution is -2.09. The van der Waals surface area contributed by atoms with Gasteiger partial charge in [-0.3, -0.25) is 0 Å². The minimum absolute atomic E-state index is 0.0544. The van der Waals surface area contributed by atoms with Crippen molar-refractivity contribution in [1.82, 2.24) is 9.97 Å². The molecule has 0 aliphatic rings. The van der Waals surface area contributed by atoms with Crippen LogP contribution in [0.5, 0.6) is 6.01 Å². The Balaban J connectivity index is 2.85. The van der Waals surface area contributed by atoms with E-state index in [0.717, 1.165) is 0 Å². The van der Waals surface area contributed by atoms with Crippen molar-refractivity contribution in [2.45, 2.75) is 20.0 Å². The summed E-state index contributed by atoms with van der Waals surface area (Å²) in [7, 11) is 0. The summed E-state index contributed by atoms with van der Waals surface area (Å²) in [6.45, 7) is 3.81. The average molecular weight is 232 g/mol. The van der Waals surface area contributed by atoms with Gasteiger partial charge in [0.2, 0.25) is 0 Å². The van der Waals surface area contributed by atoms with Gasteiger partial charge in [0.1, 0.15) is 10.4 Å². The summed E-state index contributed by atoms with van der Waals surface area (Å²) in [5, 5.41) is 0. The monoisotopic (exact) mass is 231 g/mol. The van der Waals surface area contributed by atoms with Crippen LogP contribution in [-0.4, -0.2) is 16.1 Å². The Labute approximate surface area is 79.3 Å². The molecule has 2 N–H and O–H groups in total. The van der Waals surface area contributed by atoms with E-state index in [1.807, 2.05) is 13.8 Å². The van der Waals surface area contributed by atoms with E-state index in [4.69, 9.17) is 10.5 Å². The Bertz CT molecular complexity index is 257. The van der Waals surface area contributed by atoms with Crippen molar-refractivity contribution < 1.29 is 4.74 Å². The Morgan fingerprint density at radius 3 is 2.67 bits per heavy atom. The first-order valence-corrected chi connectivity index (χ1v) is 4.34. The van der Waals surface area contributed by atoms with E-state index in [0.29, 0.717) is 16.4 Å². The Morgan fingerprint density at radius 2 is 2.17 bits per heavy atom. The zero-order valence-corrected chi connectivity index (χ0v) is 8.50. The summed E-state index contributed by atoms with van der Waals surface area (Å²) in [4.78, 5) is 7.87. The number of aromatic nitrogens is 2. The summed E-state index contributed by atoms with van der Waals surface area (Å²) in [5.74, 6) is 0.396. The molecule has 0 aromatic carbocycles. The first kappa shape index (κ1) is 9.25. The molecule has 0 saturated heterocycles. The van der Waals surface area contributed by atoms with Crippen LogP contribution in [0.4, 0.5) is 5.82 Å². The molecule has 0 amide bonds. The number of nitrogen functional groups attached to an aromatic ring is 1. The van der Waals surface area contributed by atoms with E-state index in [9.17, 15) is 0 Å². The number of nitrogens with zero attached hydrogens (tertiary/aromatic N) is 2. The molecule has 0 bridgehead atoms. The van der Waals surface area contributed by atoms with Crippen LogP contribution in [-0.2, 0) is 0 Å². The predicted octanol–water partition coefficient (Wildman–Crippen LogP) is 1.61. The van der Waals surface area contributed by atoms with E-state index in [1.54, 1.807) is 6.07 Å². The maximum Gasteiger partial charge on any atom is 0.319 e. The van der Waals surface area contributed by atoms with Gasteiger partial charge in [-0.05, 0) is 29.8 Å². The van der Waals surface area contributed by atoms with Crippen LogP contribution in [0, 0.1) is 0 Å². The highest BCUT2D eigenvalue weighted by atomic mass is 79.9. The molecule has 12 heavy (non-hydrogen) atoms. The van der Waals surface area contributed by atoms with Crippen LogP contribution >= 0.6 is 15.9 Å². The molecule has 66 valence electrons. The zero-order valence-electron chi connectivity index (χ0n) is 6.91. The number of ether oxygens (including phenoxy) is 1. The fourth-order valence-corrected chi connectivity index (χ4v) is 1.06. The molecule has 0 aliphatic heterocycles. The van der Waals surface area contributed by atoms with Crippen molar-refractivity contribution in [3.8, 4) is 6.01 Å². The van der Waals surface area contributed by atoms with Gasteiger partial charge in [-0.2, -0.15) is 9.97 Å². The quantitative estimate of drug-likeness (QED) is 0.787. The van der Waals surface area contributed by atoms with Gasteiger partial charge in [0.05, 0.1) is 6.10 Å². The second kappa shape index (κ2) is 3.71. The van der Waals surface area contributed by atoms with Crippen molar-refractivity contribution in [3.05, 3.63) is 10.7 Å². The number of hydrogen-bond acceptors (Lipinski definition) is 4. The van der Waals surface area contributed by atoms with Gasteiger partial charge >= 0.3 is 6.01 Å². The largest absolute Gasteiger partial charge is 0.461 e. The molecule has 1 aromatic heterocycles. The van der Waals surface area contributed by atoms with E-state index in [2.05, 4.69) is 25.9 Å². The number of anilines is 1. The molecule has 1 rings (SSSR count). The van der Waals surface area contributed by atoms with Crippen LogP contribution in [0.3, 0.4) is 0 Å². The van der Waals surface area contributed by atoms with Crippen molar-refractivity contribution in [1.29, 1.82) is 0 Å². The minimum Gasteiger partial charge on any atom is -0.461 e. The Hall–Kier alpha value is -0.840. The third-order valence-corrected chi connectivity index (χ3v) is 1.44. The molecule has 0 atom stereocenters. The van der Waals surface area contributed by atoms with E-state index < -0.39 is 0 Å². The third-order valence-electron chi connectivity index (χ3n) is 1.04. The normalized spacial score (nSPS) is 10.3. The van der Waals surface area contributed by atoms with Crippen molar-refractivity contribution in [2.24, 2.45) is 0 Å². The number of halogens is 1. The molecular weight excluding hydrogens is 222 g/mol. The number of nitrogens with two attached hydrogens (primary N) is 1. The summed E-state index contributed by atoms with van der Waals surface area (Å²) in [5.41, 5.74) is 5.47. The summed E-state index contributed by atoms with van der Waals surface area (Å²) in [6, 6.07) is 1.92. The highest BCUT2D eigenvalue weighted by molar-refractivity contribution is 9.10. The highest BCUT2D eigenvalue weighted by Gasteiger charge is 2.03. The molecule has 1 aromatic rings. The molecule has 0 aliphatic carbocycles. The minimum atomic E-state index is 0.0544. The average Bonchev–Trinajstić information content (AvgIpc) is 1.81. The maximum atomic E-state index is 5.47. The summed E-state index contributed by atoms with van der Waals surface area (Å²) < 4.78 is 5.87. The summed E-state index contributed by atoms with van der Waals surface area (Å²) in [6.07, 6.45) is 0.0544. The highest BCUT2D eigenvalue weighted by Crippen LogP contribution is 2.14. The van der Waals surface area contributed by atoms with Gasteiger partial charge in [-0.1, -0.05) is 0 Å². The first-order valence-electron chi connectivity index (χ1n) is 3.54. The van der Waals surface area contributed by atoms with Gasteiger partial charge in [0.15, 0.2) is 0 Å². The molecule has 0 fully saturated rings. The van der Waals surface area contributed by atoms with Crippen LogP contribution in [0.15, 0.2) is 10.7 Å². The van der Waals surface area contributed by atoms with E-state index in [-0.39, 0.29) is 6.10 Å². The molecule has 4 nitrogen and oxygen atoms in total. The van der Waals surface area contributed by atoms with Gasteiger partial charge < -0.3 is 10.5 Å². The lowest BCUT2D eigenvalue weighted by atomic mass is 10.5. The van der Waals surface area contributed by atoms with Gasteiger partial charge in [0, 0.05) is 6.07 Å². The zero-order chi connectivity index (χ0) is 9.14. The van der Waals surface area contributed by atoms with Gasteiger partial charge in [0.25, 0.3) is 0 Å². The van der Waals surface area contributed by atoms with Gasteiger partial charge in [-0.15, -0.1) is 0 Å². The van der Waals surface area contributed by atoms with E-state index >= 15 is 0 Å². The molecule has 0 unspecified atom stereocenters. The number of hydrogen-bond donors (Lipinski definition) is 1. The topological polar surface area (TPSA) is 61.0 Å². The van der Waals surface area contributed by atoms with Crippen molar-refractivity contribution >= 4 is 21.7 Å². The molecule has 0 saturated carbocycles. The van der Waals surface area contributed by atoms with Gasteiger partial charge in [-0.25, -0.2) is 0 Å². The first-order chi connectivity index (χ1) is 5.58. The molecule has 5 heteroatoms. The van der Waals surface area contributed by atoms with E-state index in [1.165, 1.54) is 0 Å². The smallest absolute Gasteiger partial charge is 0.319 e. The standard InChI is InChI=1S/C7H10BrN3O/c1-4(2)12-7-10-5(8)3-6(9)11-7/h3-4H,1-2H3,(H2,9,10,11). The third kappa shape index (κ3) is 2.65. The Morgan fingerprint density at radius 1 is 1.50 bits per heavy atom. The fourth-order valence-electron chi connectivity index (χ4n) is 0.677. The lowest BCUT2D eigenvalue weighted by Gasteiger charge is -2.07. The van der Waals surface area contributed by atoms with Crippen LogP contribution in [0.25, 0.3) is 0 Å². The molecule has 1 heterocycles. The molecule has 0 radical (unpaired) electrons. The second-order valence-electron chi connectivity index (χ2n) is 2.56. The lowest BCUT2D eigenvalue weighted by molar-refractivity contribution is 0.222. The maximum absolute atomic E-state index is 5.47. The second-order valence-corrected chi connectivity index (χ2v) is 3.38. The van der Waals surface area contributed by atoms with Crippen molar-refractivity contribution in [2.75, 3.05) is 5.73 Å². The predicted molar refractivity (Wildman–Crippen MR) is 49.9 cm³/mol. The van der Waals surface area contributed by atoms with Crippen LogP contribution in [0.2, 0.25) is 0 Å². The fraction of sp³-hybridized carbons (Fsp3) is 0.429. The SMILES string of the molecule is CC(C)Oc1nc(N)cc(Br)n1. The van der Waals surface area contributed by atoms with Crippen LogP contribution < -0.4 is 10.5 Å². The van der Waals surface area contributed by atoms with Crippen molar-refractivity contribution in [3.63, 3.8) is 0 Å². The van der Waals surface area contributed by atoms with Crippen LogP contribution in [0.1, 0.15) is 13.8 Å². The Kier molecular flexibility index (Phi) is 2.86. The summed E-state index contributed by atoms with van der Waals surface area (Å²) >= 11 is 3.19.